The molecule has 0 spiro atoms. The summed E-state index contributed by atoms with van der Waals surface area (Å²) in [5.41, 5.74) is 1.27. The number of amides is 2. The molecule has 3 unspecified atom stereocenters. The number of nitrogens with zero attached hydrogens (tertiary/aromatic N) is 2. The fraction of sp³-hybridized carbons (Fsp3) is 0.304. The number of hydrogen-bond acceptors (Lipinski definition) is 7. The minimum absolute atomic E-state index is 0.0144. The maximum Gasteiger partial charge on any atom is 0.573 e. The molecule has 10 nitrogen and oxygen atoms in total. The molecule has 2 heterocycles. The number of aliphatic hydroxyl groups excluding tert-OH is 1. The van der Waals surface area contributed by atoms with Crippen molar-refractivity contribution in [1.82, 2.24) is 0 Å². The van der Waals surface area contributed by atoms with Crippen molar-refractivity contribution < 1.29 is 47.1 Å². The molecule has 0 bridgehead atoms. The summed E-state index contributed by atoms with van der Waals surface area (Å²) < 4.78 is 51.9. The molecule has 0 aliphatic carbocycles. The number of methoxy groups -OCH3 is 1. The summed E-state index contributed by atoms with van der Waals surface area (Å²) in [5, 5.41) is 13.0. The lowest BCUT2D eigenvalue weighted by Crippen LogP contribution is -2.68. The second kappa shape index (κ2) is 10.3. The molecule has 13 heteroatoms. The number of halogens is 3. The molecule has 2 aromatic rings. The topological polar surface area (TPSA) is 124 Å². The van der Waals surface area contributed by atoms with E-state index in [-0.39, 0.29) is 25.0 Å². The Bertz CT molecular complexity index is 1190. The summed E-state index contributed by atoms with van der Waals surface area (Å²) in [6.45, 7) is -0.0321. The molecule has 4 rings (SSSR count). The van der Waals surface area contributed by atoms with Crippen LogP contribution >= 0.6 is 0 Å². The van der Waals surface area contributed by atoms with Crippen molar-refractivity contribution in [2.75, 3.05) is 30.5 Å². The van der Waals surface area contributed by atoms with Gasteiger partial charge in [-0.25, -0.2) is 4.99 Å². The highest BCUT2D eigenvalue weighted by Gasteiger charge is 2.40. The molecule has 3 atom stereocenters. The van der Waals surface area contributed by atoms with Crippen LogP contribution in [0.25, 0.3) is 0 Å². The van der Waals surface area contributed by atoms with Crippen LogP contribution in [0.5, 0.6) is 5.75 Å². The van der Waals surface area contributed by atoms with Crippen molar-refractivity contribution in [3.8, 4) is 5.75 Å². The number of nitrogens with one attached hydrogen (secondary N) is 2. The van der Waals surface area contributed by atoms with Crippen LogP contribution in [-0.4, -0.2) is 67.9 Å². The van der Waals surface area contributed by atoms with Crippen molar-refractivity contribution in [3.05, 3.63) is 54.1 Å². The number of ether oxygens (including phenoxy) is 3. The molecule has 0 saturated carbocycles. The molecule has 1 saturated heterocycles. The first-order valence-corrected chi connectivity index (χ1v) is 10.7. The molecule has 2 aliphatic heterocycles. The van der Waals surface area contributed by atoms with Crippen LogP contribution in [0.15, 0.2) is 53.5 Å². The third kappa shape index (κ3) is 5.80. The Hall–Kier alpha value is -3.97. The summed E-state index contributed by atoms with van der Waals surface area (Å²) in [6.07, 6.45) is -7.02. The van der Waals surface area contributed by atoms with Gasteiger partial charge in [-0.1, -0.05) is 6.07 Å². The van der Waals surface area contributed by atoms with E-state index in [4.69, 9.17) is 9.47 Å². The minimum Gasteiger partial charge on any atom is -0.477 e. The number of hydrogen-bond donors (Lipinski definition) is 3. The van der Waals surface area contributed by atoms with E-state index >= 15 is 0 Å². The van der Waals surface area contributed by atoms with E-state index in [1.807, 2.05) is 0 Å². The van der Waals surface area contributed by atoms with Gasteiger partial charge in [0.05, 0.1) is 13.7 Å². The third-order valence-electron chi connectivity index (χ3n) is 5.36. The highest BCUT2D eigenvalue weighted by atomic mass is 19.4. The summed E-state index contributed by atoms with van der Waals surface area (Å²) in [5.74, 6) is -1.72. The number of carbonyl (C=O) groups is 2. The standard InChI is InChI=1S/C23H21F3N4O6/c1-34-17-12-27-20(29-17)13-5-7-14(8-6-13)28-21(32)18(31)19-22(33)30(9-10-35-19)15-3-2-4-16(11-15)36-23(24,25)26/h2-8,11-12,18-20,31H,9-10H2,1H3,(H,28,32)/p+1. The average Bonchev–Trinajstić information content (AvgIpc) is 3.33. The van der Waals surface area contributed by atoms with E-state index in [1.165, 1.54) is 19.2 Å². The lowest BCUT2D eigenvalue weighted by Gasteiger charge is -2.34. The highest BCUT2D eigenvalue weighted by Crippen LogP contribution is 2.28. The molecule has 36 heavy (non-hydrogen) atoms. The number of rotatable bonds is 6. The Balaban J connectivity index is 1.40. The van der Waals surface area contributed by atoms with E-state index in [1.54, 1.807) is 30.5 Å². The number of aliphatic hydroxyl groups is 1. The van der Waals surface area contributed by atoms with Crippen molar-refractivity contribution in [2.24, 2.45) is 4.99 Å². The van der Waals surface area contributed by atoms with Crippen LogP contribution in [-0.2, 0) is 19.1 Å². The van der Waals surface area contributed by atoms with Crippen LogP contribution in [0.3, 0.4) is 0 Å². The van der Waals surface area contributed by atoms with Gasteiger partial charge >= 0.3 is 6.36 Å². The summed E-state index contributed by atoms with van der Waals surface area (Å²) in [7, 11) is 1.50. The zero-order valence-corrected chi connectivity index (χ0v) is 18.9. The summed E-state index contributed by atoms with van der Waals surface area (Å²) in [6, 6.07) is 11.5. The normalized spacial score (nSPS) is 20.6. The molecule has 1 fully saturated rings. The quantitative estimate of drug-likeness (QED) is 0.524. The fourth-order valence-electron chi connectivity index (χ4n) is 3.67. The van der Waals surface area contributed by atoms with Gasteiger partial charge in [0.15, 0.2) is 12.2 Å². The summed E-state index contributed by atoms with van der Waals surface area (Å²) in [4.78, 5) is 34.0. The maximum atomic E-state index is 12.9. The van der Waals surface area contributed by atoms with Crippen molar-refractivity contribution in [3.63, 3.8) is 0 Å². The molecule has 2 amide bonds. The Labute approximate surface area is 203 Å². The molecule has 3 N–H and O–H groups in total. The second-order valence-corrected chi connectivity index (χ2v) is 7.77. The van der Waals surface area contributed by atoms with Crippen LogP contribution in [0.1, 0.15) is 11.7 Å². The average molecular weight is 507 g/mol. The van der Waals surface area contributed by atoms with Gasteiger partial charge in [0.2, 0.25) is 6.21 Å². The Morgan fingerprint density at radius 1 is 1.28 bits per heavy atom. The largest absolute Gasteiger partial charge is 0.573 e. The molecular formula is C23H22F3N4O6+. The first kappa shape index (κ1) is 25.1. The third-order valence-corrected chi connectivity index (χ3v) is 5.36. The van der Waals surface area contributed by atoms with E-state index < -0.39 is 36.1 Å². The van der Waals surface area contributed by atoms with Crippen molar-refractivity contribution >= 4 is 35.3 Å². The minimum atomic E-state index is -4.89. The van der Waals surface area contributed by atoms with Gasteiger partial charge in [-0.15, -0.1) is 13.2 Å². The lowest BCUT2D eigenvalue weighted by atomic mass is 10.1. The number of aliphatic imine (C=N–C) groups is 1. The summed E-state index contributed by atoms with van der Waals surface area (Å²) >= 11 is 0. The van der Waals surface area contributed by atoms with Crippen LogP contribution in [0.4, 0.5) is 24.5 Å². The number of morpholine rings is 1. The van der Waals surface area contributed by atoms with Crippen LogP contribution in [0, 0.1) is 0 Å². The smallest absolute Gasteiger partial charge is 0.477 e. The molecule has 2 aromatic carbocycles. The van der Waals surface area contributed by atoms with E-state index in [2.05, 4.69) is 20.0 Å². The molecular weight excluding hydrogens is 485 g/mol. The molecule has 190 valence electrons. The number of anilines is 2. The Morgan fingerprint density at radius 3 is 2.69 bits per heavy atom. The van der Waals surface area contributed by atoms with Gasteiger partial charge < -0.3 is 29.5 Å². The van der Waals surface area contributed by atoms with Crippen molar-refractivity contribution in [2.45, 2.75) is 24.7 Å². The lowest BCUT2D eigenvalue weighted by molar-refractivity contribution is -0.497. The molecule has 0 aromatic heterocycles. The first-order chi connectivity index (χ1) is 17.1. The SMILES string of the molecule is COC1=NC(c2ccc(NC(=O)C(O)C3OCCN(c4cccc(OC(F)(F)F)c4)C3=O)cc2)[NH+]=C1. The van der Waals surface area contributed by atoms with Crippen LogP contribution < -0.4 is 19.9 Å². The number of alkyl halides is 3. The Kier molecular flexibility index (Phi) is 7.22. The van der Waals surface area contributed by atoms with Gasteiger partial charge in [0.25, 0.3) is 23.9 Å². The maximum absolute atomic E-state index is 12.9. The highest BCUT2D eigenvalue weighted by molar-refractivity contribution is 6.24. The number of carbonyl (C=O) groups excluding carboxylic acids is 2. The zero-order chi connectivity index (χ0) is 25.9. The zero-order valence-electron chi connectivity index (χ0n) is 18.9. The van der Waals surface area contributed by atoms with Crippen LogP contribution in [0.2, 0.25) is 0 Å². The number of benzene rings is 2. The van der Waals surface area contributed by atoms with Crippen molar-refractivity contribution in [1.29, 1.82) is 0 Å². The monoisotopic (exact) mass is 507 g/mol. The van der Waals surface area contributed by atoms with E-state index in [0.29, 0.717) is 11.6 Å². The fourth-order valence-corrected chi connectivity index (χ4v) is 3.67. The van der Waals surface area contributed by atoms with Gasteiger partial charge in [0, 0.05) is 29.5 Å². The second-order valence-electron chi connectivity index (χ2n) is 7.77. The van der Waals surface area contributed by atoms with E-state index in [0.717, 1.165) is 22.6 Å². The first-order valence-electron chi connectivity index (χ1n) is 10.7. The predicted molar refractivity (Wildman–Crippen MR) is 121 cm³/mol. The van der Waals surface area contributed by atoms with Gasteiger partial charge in [-0.05, 0) is 36.4 Å². The van der Waals surface area contributed by atoms with Gasteiger partial charge in [-0.3, -0.25) is 9.59 Å². The predicted octanol–water partition coefficient (Wildman–Crippen LogP) is 0.525. The van der Waals surface area contributed by atoms with Gasteiger partial charge in [0.1, 0.15) is 5.75 Å². The Morgan fingerprint density at radius 2 is 2.03 bits per heavy atom. The molecule has 0 radical (unpaired) electrons. The van der Waals surface area contributed by atoms with Gasteiger partial charge in [-0.2, -0.15) is 4.99 Å². The van der Waals surface area contributed by atoms with E-state index in [9.17, 15) is 27.9 Å². The molecule has 2 aliphatic rings.